The van der Waals surface area contributed by atoms with Crippen LogP contribution in [0.15, 0.2) is 24.3 Å². The lowest BCUT2D eigenvalue weighted by Crippen LogP contribution is -2.45. The monoisotopic (exact) mass is 339 g/mol. The zero-order valence-corrected chi connectivity index (χ0v) is 13.9. The summed E-state index contributed by atoms with van der Waals surface area (Å²) in [7, 11) is 0. The Balaban J connectivity index is 2.48. The molecule has 0 heterocycles. The van der Waals surface area contributed by atoms with E-state index >= 15 is 0 Å². The number of amides is 3. The number of hydrogen-bond acceptors (Lipinski definition) is 5. The first-order valence-corrected chi connectivity index (χ1v) is 8.40. The maximum Gasteiger partial charge on any atom is 0.329 e. The van der Waals surface area contributed by atoms with Crippen molar-refractivity contribution >= 4 is 35.4 Å². The van der Waals surface area contributed by atoms with E-state index in [1.54, 1.807) is 12.1 Å². The Bertz CT molecular complexity index is 565. The molecule has 0 fully saturated rings. The predicted octanol–water partition coefficient (Wildman–Crippen LogP) is 1.27. The number of benzene rings is 1. The molecule has 1 atom stereocenters. The maximum atomic E-state index is 11.9. The van der Waals surface area contributed by atoms with E-state index < -0.39 is 30.6 Å². The van der Waals surface area contributed by atoms with Crippen molar-refractivity contribution in [3.05, 3.63) is 29.8 Å². The van der Waals surface area contributed by atoms with Crippen LogP contribution in [0.1, 0.15) is 12.0 Å². The van der Waals surface area contributed by atoms with Crippen LogP contribution in [-0.2, 0) is 14.3 Å². The molecule has 1 aromatic rings. The van der Waals surface area contributed by atoms with Gasteiger partial charge in [-0.05, 0) is 43.0 Å². The molecule has 7 nitrogen and oxygen atoms in total. The van der Waals surface area contributed by atoms with Crippen LogP contribution >= 0.6 is 11.8 Å². The van der Waals surface area contributed by atoms with Crippen molar-refractivity contribution in [1.82, 2.24) is 5.32 Å². The number of urea groups is 1. The van der Waals surface area contributed by atoms with Crippen molar-refractivity contribution in [2.24, 2.45) is 5.73 Å². The average Bonchev–Trinajstić information content (AvgIpc) is 2.48. The van der Waals surface area contributed by atoms with Gasteiger partial charge in [0.2, 0.25) is 0 Å². The molecule has 8 heteroatoms. The summed E-state index contributed by atoms with van der Waals surface area (Å²) in [4.78, 5) is 34.6. The minimum atomic E-state index is -0.855. The third kappa shape index (κ3) is 7.55. The normalized spacial score (nSPS) is 11.4. The van der Waals surface area contributed by atoms with Gasteiger partial charge in [-0.3, -0.25) is 4.79 Å². The number of ether oxygens (including phenoxy) is 1. The Hall–Kier alpha value is -2.22. The van der Waals surface area contributed by atoms with Crippen LogP contribution in [0.3, 0.4) is 0 Å². The van der Waals surface area contributed by atoms with Gasteiger partial charge in [-0.1, -0.05) is 12.1 Å². The van der Waals surface area contributed by atoms with E-state index in [2.05, 4.69) is 10.6 Å². The number of carbonyl (C=O) groups is 3. The number of anilines is 1. The number of primary amides is 1. The van der Waals surface area contributed by atoms with Crippen molar-refractivity contribution in [3.8, 4) is 0 Å². The van der Waals surface area contributed by atoms with Gasteiger partial charge in [0.1, 0.15) is 6.04 Å². The largest absolute Gasteiger partial charge is 0.454 e. The molecule has 0 aromatic heterocycles. The number of nitrogens with one attached hydrogen (secondary N) is 2. The van der Waals surface area contributed by atoms with Crippen molar-refractivity contribution < 1.29 is 19.1 Å². The molecule has 3 amide bonds. The van der Waals surface area contributed by atoms with Crippen LogP contribution in [0, 0.1) is 6.92 Å². The second-order valence-corrected chi connectivity index (χ2v) is 5.85. The van der Waals surface area contributed by atoms with Gasteiger partial charge >= 0.3 is 12.0 Å². The molecule has 0 unspecified atom stereocenters. The highest BCUT2D eigenvalue weighted by molar-refractivity contribution is 7.98. The molecule has 0 saturated carbocycles. The molecule has 4 N–H and O–H groups in total. The Morgan fingerprint density at radius 2 is 2.09 bits per heavy atom. The molecule has 0 radical (unpaired) electrons. The standard InChI is InChI=1S/C15H21N3O4S/c1-10-4-3-5-11(8-10)17-13(19)9-22-14(20)12(6-7-23-2)18-15(16)21/h3-5,8,12H,6-7,9H2,1-2H3,(H,17,19)(H3,16,18,21)/t12-/m1/s1. The number of rotatable bonds is 8. The second-order valence-electron chi connectivity index (χ2n) is 4.87. The fourth-order valence-corrected chi connectivity index (χ4v) is 2.28. The summed E-state index contributed by atoms with van der Waals surface area (Å²) in [5, 5.41) is 4.94. The van der Waals surface area contributed by atoms with E-state index in [9.17, 15) is 14.4 Å². The zero-order chi connectivity index (χ0) is 17.2. The topological polar surface area (TPSA) is 111 Å². The molecule has 1 aromatic carbocycles. The Morgan fingerprint density at radius 1 is 1.35 bits per heavy atom. The van der Waals surface area contributed by atoms with Crippen molar-refractivity contribution in [2.45, 2.75) is 19.4 Å². The van der Waals surface area contributed by atoms with E-state index in [0.29, 0.717) is 17.9 Å². The number of hydrogen-bond donors (Lipinski definition) is 3. The molecule has 0 aliphatic rings. The first-order valence-electron chi connectivity index (χ1n) is 7.00. The number of aryl methyl sites for hydroxylation is 1. The number of nitrogens with two attached hydrogens (primary N) is 1. The minimum Gasteiger partial charge on any atom is -0.454 e. The van der Waals surface area contributed by atoms with Crippen molar-refractivity contribution in [3.63, 3.8) is 0 Å². The van der Waals surface area contributed by atoms with Crippen LogP contribution in [0.2, 0.25) is 0 Å². The summed E-state index contributed by atoms with van der Waals surface area (Å²) in [6.45, 7) is 1.48. The van der Waals surface area contributed by atoms with E-state index in [1.807, 2.05) is 25.3 Å². The van der Waals surface area contributed by atoms with E-state index in [1.165, 1.54) is 11.8 Å². The number of esters is 1. The van der Waals surface area contributed by atoms with Gasteiger partial charge in [-0.2, -0.15) is 11.8 Å². The van der Waals surface area contributed by atoms with Crippen LogP contribution in [0.25, 0.3) is 0 Å². The summed E-state index contributed by atoms with van der Waals surface area (Å²) >= 11 is 1.52. The van der Waals surface area contributed by atoms with Gasteiger partial charge < -0.3 is 21.1 Å². The molecule has 0 spiro atoms. The highest BCUT2D eigenvalue weighted by atomic mass is 32.2. The van der Waals surface area contributed by atoms with Crippen LogP contribution in [0.4, 0.5) is 10.5 Å². The first-order chi connectivity index (χ1) is 10.9. The quantitative estimate of drug-likeness (QED) is 0.618. The van der Waals surface area contributed by atoms with Gasteiger partial charge in [-0.25, -0.2) is 9.59 Å². The van der Waals surface area contributed by atoms with Crippen molar-refractivity contribution in [1.29, 1.82) is 0 Å². The predicted molar refractivity (Wildman–Crippen MR) is 90.3 cm³/mol. The molecule has 23 heavy (non-hydrogen) atoms. The Labute approximate surface area is 139 Å². The zero-order valence-electron chi connectivity index (χ0n) is 13.1. The maximum absolute atomic E-state index is 11.9. The Kier molecular flexibility index (Phi) is 7.96. The molecule has 1 rings (SSSR count). The summed E-state index contributed by atoms with van der Waals surface area (Å²) in [5.74, 6) is -0.487. The molecule has 0 bridgehead atoms. The highest BCUT2D eigenvalue weighted by Gasteiger charge is 2.21. The summed E-state index contributed by atoms with van der Waals surface area (Å²) in [5.41, 5.74) is 6.66. The van der Waals surface area contributed by atoms with Crippen LogP contribution in [0.5, 0.6) is 0 Å². The fourth-order valence-electron chi connectivity index (χ4n) is 1.81. The third-order valence-corrected chi connectivity index (χ3v) is 3.50. The van der Waals surface area contributed by atoms with Crippen molar-refractivity contribution in [2.75, 3.05) is 23.9 Å². The minimum absolute atomic E-state index is 0.377. The van der Waals surface area contributed by atoms with Gasteiger partial charge in [0.25, 0.3) is 5.91 Å². The Morgan fingerprint density at radius 3 is 2.70 bits per heavy atom. The lowest BCUT2D eigenvalue weighted by Gasteiger charge is -2.15. The fraction of sp³-hybridized carbons (Fsp3) is 0.400. The molecule has 126 valence electrons. The van der Waals surface area contributed by atoms with Gasteiger partial charge in [0.05, 0.1) is 0 Å². The molecular formula is C15H21N3O4S. The first kappa shape index (κ1) is 18.8. The molecule has 0 saturated heterocycles. The smallest absolute Gasteiger partial charge is 0.329 e. The van der Waals surface area contributed by atoms with Crippen LogP contribution < -0.4 is 16.4 Å². The van der Waals surface area contributed by atoms with E-state index in [0.717, 1.165) is 5.56 Å². The summed E-state index contributed by atoms with van der Waals surface area (Å²) in [6, 6.07) is 5.59. The number of carbonyl (C=O) groups excluding carboxylic acids is 3. The molecular weight excluding hydrogens is 318 g/mol. The lowest BCUT2D eigenvalue weighted by molar-refractivity contribution is -0.149. The molecule has 0 aliphatic carbocycles. The van der Waals surface area contributed by atoms with E-state index in [-0.39, 0.29) is 0 Å². The van der Waals surface area contributed by atoms with Gasteiger partial charge in [-0.15, -0.1) is 0 Å². The SMILES string of the molecule is CSCC[C@@H](NC(N)=O)C(=O)OCC(=O)Nc1cccc(C)c1. The lowest BCUT2D eigenvalue weighted by atomic mass is 10.2. The third-order valence-electron chi connectivity index (χ3n) is 2.86. The highest BCUT2D eigenvalue weighted by Crippen LogP contribution is 2.09. The second kappa shape index (κ2) is 9.73. The van der Waals surface area contributed by atoms with Gasteiger partial charge in [0.15, 0.2) is 6.61 Å². The van der Waals surface area contributed by atoms with Gasteiger partial charge in [0, 0.05) is 5.69 Å². The summed E-state index contributed by atoms with van der Waals surface area (Å²) < 4.78 is 4.94. The van der Waals surface area contributed by atoms with Crippen LogP contribution in [-0.4, -0.2) is 42.6 Å². The molecule has 0 aliphatic heterocycles. The summed E-state index contributed by atoms with van der Waals surface area (Å²) in [6.07, 6.45) is 2.25. The average molecular weight is 339 g/mol. The van der Waals surface area contributed by atoms with E-state index in [4.69, 9.17) is 10.5 Å². The number of thioether (sulfide) groups is 1.